The molecule has 1 heterocycles. The molecule has 3 rings (SSSR count). The predicted octanol–water partition coefficient (Wildman–Crippen LogP) is 4.53. The third-order valence-corrected chi connectivity index (χ3v) is 3.88. The first-order chi connectivity index (χ1) is 9.16. The van der Waals surface area contributed by atoms with Crippen molar-refractivity contribution in [3.8, 4) is 11.3 Å². The summed E-state index contributed by atoms with van der Waals surface area (Å²) in [6, 6.07) is 15.3. The highest BCUT2D eigenvalue weighted by Gasteiger charge is 2.12. The van der Waals surface area contributed by atoms with Gasteiger partial charge in [0.2, 0.25) is 0 Å². The van der Waals surface area contributed by atoms with Crippen LogP contribution < -0.4 is 5.63 Å². The summed E-state index contributed by atoms with van der Waals surface area (Å²) in [6.07, 6.45) is 0. The standard InChI is InChI=1S/C16H11BrO2/c1-10-6-8-11(9-7-10)15-14(17)12-4-2-3-5-13(12)16(18)19-15/h2-9H,1H3. The van der Waals surface area contributed by atoms with Crippen LogP contribution in [0.25, 0.3) is 22.1 Å². The van der Waals surface area contributed by atoms with Gasteiger partial charge in [-0.1, -0.05) is 48.0 Å². The molecule has 3 aromatic rings. The van der Waals surface area contributed by atoms with Gasteiger partial charge in [0.15, 0.2) is 5.76 Å². The Morgan fingerprint density at radius 2 is 1.58 bits per heavy atom. The van der Waals surface area contributed by atoms with Crippen LogP contribution >= 0.6 is 15.9 Å². The Balaban J connectivity index is 2.33. The minimum absolute atomic E-state index is 0.311. The highest BCUT2D eigenvalue weighted by molar-refractivity contribution is 9.10. The molecule has 1 aromatic heterocycles. The molecule has 0 aliphatic carbocycles. The van der Waals surface area contributed by atoms with E-state index in [4.69, 9.17) is 4.42 Å². The molecule has 0 saturated carbocycles. The monoisotopic (exact) mass is 314 g/mol. The Kier molecular flexibility index (Phi) is 2.99. The molecule has 2 nitrogen and oxygen atoms in total. The zero-order valence-electron chi connectivity index (χ0n) is 10.3. The smallest absolute Gasteiger partial charge is 0.344 e. The van der Waals surface area contributed by atoms with Crippen LogP contribution in [0, 0.1) is 6.92 Å². The molecule has 3 heteroatoms. The number of aryl methyl sites for hydroxylation is 1. The van der Waals surface area contributed by atoms with Gasteiger partial charge in [0.25, 0.3) is 0 Å². The molecule has 0 saturated heterocycles. The summed E-state index contributed by atoms with van der Waals surface area (Å²) in [5.74, 6) is 0.573. The van der Waals surface area contributed by atoms with Crippen molar-refractivity contribution in [3.63, 3.8) is 0 Å². The van der Waals surface area contributed by atoms with E-state index in [1.54, 1.807) is 6.07 Å². The molecule has 0 radical (unpaired) electrons. The molecule has 0 N–H and O–H groups in total. The van der Waals surface area contributed by atoms with Crippen molar-refractivity contribution in [2.24, 2.45) is 0 Å². The van der Waals surface area contributed by atoms with Crippen molar-refractivity contribution < 1.29 is 4.42 Å². The molecular formula is C16H11BrO2. The molecule has 19 heavy (non-hydrogen) atoms. The van der Waals surface area contributed by atoms with Gasteiger partial charge in [-0.25, -0.2) is 4.79 Å². The van der Waals surface area contributed by atoms with E-state index in [0.717, 1.165) is 15.4 Å². The zero-order chi connectivity index (χ0) is 13.4. The fraction of sp³-hybridized carbons (Fsp3) is 0.0625. The Morgan fingerprint density at radius 1 is 0.947 bits per heavy atom. The number of benzene rings is 2. The second-order valence-electron chi connectivity index (χ2n) is 4.44. The van der Waals surface area contributed by atoms with Crippen molar-refractivity contribution in [1.29, 1.82) is 0 Å². The molecule has 2 aromatic carbocycles. The summed E-state index contributed by atoms with van der Waals surface area (Å²) < 4.78 is 6.26. The van der Waals surface area contributed by atoms with E-state index < -0.39 is 0 Å². The first-order valence-electron chi connectivity index (χ1n) is 5.95. The maximum atomic E-state index is 12.0. The number of hydrogen-bond donors (Lipinski definition) is 0. The number of hydrogen-bond acceptors (Lipinski definition) is 2. The minimum atomic E-state index is -0.311. The second kappa shape index (κ2) is 4.67. The minimum Gasteiger partial charge on any atom is -0.421 e. The van der Waals surface area contributed by atoms with Gasteiger partial charge in [0.1, 0.15) is 0 Å². The lowest BCUT2D eigenvalue weighted by molar-refractivity contribution is 0.532. The van der Waals surface area contributed by atoms with Gasteiger partial charge in [-0.05, 0) is 28.9 Å². The van der Waals surface area contributed by atoms with Crippen LogP contribution in [0.5, 0.6) is 0 Å². The quantitative estimate of drug-likeness (QED) is 0.660. The molecular weight excluding hydrogens is 304 g/mol. The molecule has 94 valence electrons. The maximum absolute atomic E-state index is 12.0. The van der Waals surface area contributed by atoms with Crippen LogP contribution in [0.2, 0.25) is 0 Å². The molecule has 0 amide bonds. The summed E-state index contributed by atoms with van der Waals surface area (Å²) >= 11 is 3.54. The van der Waals surface area contributed by atoms with Crippen LogP contribution in [-0.2, 0) is 0 Å². The fourth-order valence-electron chi connectivity index (χ4n) is 2.06. The van der Waals surface area contributed by atoms with E-state index >= 15 is 0 Å². The van der Waals surface area contributed by atoms with Crippen molar-refractivity contribution in [1.82, 2.24) is 0 Å². The molecule has 0 aliphatic heterocycles. The van der Waals surface area contributed by atoms with E-state index in [1.165, 1.54) is 5.56 Å². The molecule has 0 spiro atoms. The Bertz CT molecular complexity index is 801. The number of rotatable bonds is 1. The van der Waals surface area contributed by atoms with Gasteiger partial charge >= 0.3 is 5.63 Å². The van der Waals surface area contributed by atoms with Crippen molar-refractivity contribution in [2.45, 2.75) is 6.92 Å². The number of halogens is 1. The lowest BCUT2D eigenvalue weighted by atomic mass is 10.1. The molecule has 0 unspecified atom stereocenters. The second-order valence-corrected chi connectivity index (χ2v) is 5.24. The van der Waals surface area contributed by atoms with Crippen LogP contribution in [-0.4, -0.2) is 0 Å². The van der Waals surface area contributed by atoms with E-state index in [0.29, 0.717) is 11.1 Å². The van der Waals surface area contributed by atoms with Gasteiger partial charge in [0.05, 0.1) is 9.86 Å². The van der Waals surface area contributed by atoms with Crippen LogP contribution in [0.3, 0.4) is 0 Å². The topological polar surface area (TPSA) is 30.2 Å². The summed E-state index contributed by atoms with van der Waals surface area (Å²) in [7, 11) is 0. The van der Waals surface area contributed by atoms with Crippen LogP contribution in [0.15, 0.2) is 62.2 Å². The zero-order valence-corrected chi connectivity index (χ0v) is 11.9. The molecule has 0 atom stereocenters. The summed E-state index contributed by atoms with van der Waals surface area (Å²) in [6.45, 7) is 2.02. The van der Waals surface area contributed by atoms with Gasteiger partial charge in [-0.15, -0.1) is 0 Å². The lowest BCUT2D eigenvalue weighted by Crippen LogP contribution is -2.01. The van der Waals surface area contributed by atoms with Crippen molar-refractivity contribution in [2.75, 3.05) is 0 Å². The summed E-state index contributed by atoms with van der Waals surface area (Å²) in [5.41, 5.74) is 1.75. The average Bonchev–Trinajstić information content (AvgIpc) is 2.44. The van der Waals surface area contributed by atoms with E-state index in [2.05, 4.69) is 15.9 Å². The van der Waals surface area contributed by atoms with Gasteiger partial charge < -0.3 is 4.42 Å². The normalized spacial score (nSPS) is 10.8. The van der Waals surface area contributed by atoms with Gasteiger partial charge in [0, 0.05) is 10.9 Å². The van der Waals surface area contributed by atoms with Crippen LogP contribution in [0.4, 0.5) is 0 Å². The van der Waals surface area contributed by atoms with Gasteiger partial charge in [-0.2, -0.15) is 0 Å². The predicted molar refractivity (Wildman–Crippen MR) is 80.4 cm³/mol. The highest BCUT2D eigenvalue weighted by Crippen LogP contribution is 2.32. The first-order valence-corrected chi connectivity index (χ1v) is 6.74. The largest absolute Gasteiger partial charge is 0.421 e. The third-order valence-electron chi connectivity index (χ3n) is 3.09. The summed E-state index contributed by atoms with van der Waals surface area (Å²) in [4.78, 5) is 12.0. The Labute approximate surface area is 118 Å². The van der Waals surface area contributed by atoms with E-state index in [-0.39, 0.29) is 5.63 Å². The van der Waals surface area contributed by atoms with Gasteiger partial charge in [-0.3, -0.25) is 0 Å². The molecule has 0 aliphatic rings. The van der Waals surface area contributed by atoms with E-state index in [1.807, 2.05) is 49.4 Å². The highest BCUT2D eigenvalue weighted by atomic mass is 79.9. The lowest BCUT2D eigenvalue weighted by Gasteiger charge is -2.06. The molecule has 0 fully saturated rings. The first kappa shape index (κ1) is 12.2. The molecule has 0 bridgehead atoms. The Morgan fingerprint density at radius 3 is 2.26 bits per heavy atom. The Hall–Kier alpha value is -1.87. The summed E-state index contributed by atoms with van der Waals surface area (Å²) in [5, 5.41) is 1.46. The maximum Gasteiger partial charge on any atom is 0.344 e. The van der Waals surface area contributed by atoms with E-state index in [9.17, 15) is 4.79 Å². The SMILES string of the molecule is Cc1ccc(-c2oc(=O)c3ccccc3c2Br)cc1. The van der Waals surface area contributed by atoms with Crippen molar-refractivity contribution in [3.05, 3.63) is 69.0 Å². The average molecular weight is 315 g/mol. The fourth-order valence-corrected chi connectivity index (χ4v) is 2.71. The third kappa shape index (κ3) is 2.10. The van der Waals surface area contributed by atoms with Crippen molar-refractivity contribution >= 4 is 26.7 Å². The van der Waals surface area contributed by atoms with Crippen LogP contribution in [0.1, 0.15) is 5.56 Å². The number of fused-ring (bicyclic) bond motifs is 1.